The van der Waals surface area contributed by atoms with E-state index in [2.05, 4.69) is 20.6 Å². The van der Waals surface area contributed by atoms with Crippen LogP contribution in [0.15, 0.2) is 16.8 Å². The van der Waals surface area contributed by atoms with Gasteiger partial charge in [0.15, 0.2) is 0 Å². The highest BCUT2D eigenvalue weighted by Crippen LogP contribution is 2.15. The Labute approximate surface area is 87.3 Å². The topological polar surface area (TPSA) is 68.8 Å². The van der Waals surface area contributed by atoms with E-state index in [1.165, 1.54) is 0 Å². The van der Waals surface area contributed by atoms with Gasteiger partial charge in [-0.15, -0.1) is 0 Å². The zero-order valence-electron chi connectivity index (χ0n) is 8.93. The normalized spacial score (nSPS) is 13.0. The number of nitrogens with one attached hydrogen (secondary N) is 1. The van der Waals surface area contributed by atoms with Crippen LogP contribution in [0.4, 0.5) is 0 Å². The zero-order chi connectivity index (χ0) is 10.8. The summed E-state index contributed by atoms with van der Waals surface area (Å²) in [5, 5.41) is 11.1. The highest BCUT2D eigenvalue weighted by atomic mass is 16.5. The Bertz CT molecular complexity index is 447. The molecule has 15 heavy (non-hydrogen) atoms. The van der Waals surface area contributed by atoms with Crippen LogP contribution in [-0.4, -0.2) is 27.0 Å². The maximum atomic E-state index is 5.11. The third-order valence-corrected chi connectivity index (χ3v) is 2.19. The molecule has 0 amide bonds. The smallest absolute Gasteiger partial charge is 0.243 e. The lowest BCUT2D eigenvalue weighted by Crippen LogP contribution is -2.12. The van der Waals surface area contributed by atoms with Gasteiger partial charge in [0, 0.05) is 13.2 Å². The van der Waals surface area contributed by atoms with E-state index in [1.54, 1.807) is 4.68 Å². The lowest BCUT2D eigenvalue weighted by atomic mass is 10.3. The predicted molar refractivity (Wildman–Crippen MR) is 54.0 cm³/mol. The maximum Gasteiger partial charge on any atom is 0.243 e. The fourth-order valence-electron chi connectivity index (χ4n) is 1.17. The average Bonchev–Trinajstić information content (AvgIpc) is 2.84. The minimum atomic E-state index is 0.0509. The van der Waals surface area contributed by atoms with Gasteiger partial charge in [0.1, 0.15) is 5.69 Å². The highest BCUT2D eigenvalue weighted by Gasteiger charge is 2.14. The molecule has 0 aromatic carbocycles. The van der Waals surface area contributed by atoms with Crippen molar-refractivity contribution in [2.24, 2.45) is 7.05 Å². The molecule has 2 aromatic heterocycles. The van der Waals surface area contributed by atoms with Crippen LogP contribution >= 0.6 is 0 Å². The van der Waals surface area contributed by atoms with Crippen LogP contribution in [0.25, 0.3) is 11.5 Å². The summed E-state index contributed by atoms with van der Waals surface area (Å²) in [6.07, 6.45) is 1.84. The Morgan fingerprint density at radius 3 is 2.93 bits per heavy atom. The average molecular weight is 207 g/mol. The molecule has 2 aromatic rings. The maximum absolute atomic E-state index is 5.11. The van der Waals surface area contributed by atoms with E-state index in [0.717, 1.165) is 5.69 Å². The van der Waals surface area contributed by atoms with Gasteiger partial charge in [-0.05, 0) is 20.0 Å². The summed E-state index contributed by atoms with van der Waals surface area (Å²) >= 11 is 0. The van der Waals surface area contributed by atoms with E-state index in [9.17, 15) is 0 Å². The van der Waals surface area contributed by atoms with Crippen LogP contribution in [0.3, 0.4) is 0 Å². The minimum absolute atomic E-state index is 0.0509. The molecule has 0 aliphatic rings. The molecule has 0 aliphatic carbocycles. The van der Waals surface area contributed by atoms with Crippen LogP contribution in [0.1, 0.15) is 18.9 Å². The lowest BCUT2D eigenvalue weighted by Gasteiger charge is -2.01. The van der Waals surface area contributed by atoms with E-state index in [1.807, 2.05) is 33.3 Å². The second-order valence-corrected chi connectivity index (χ2v) is 3.34. The van der Waals surface area contributed by atoms with E-state index in [-0.39, 0.29) is 6.04 Å². The largest absolute Gasteiger partial charge is 0.337 e. The van der Waals surface area contributed by atoms with Gasteiger partial charge in [-0.3, -0.25) is 4.68 Å². The molecule has 0 fully saturated rings. The first-order valence-electron chi connectivity index (χ1n) is 4.71. The number of nitrogens with zero attached hydrogens (tertiary/aromatic N) is 4. The zero-order valence-corrected chi connectivity index (χ0v) is 8.93. The molecule has 0 radical (unpaired) electrons. The molecule has 0 bridgehead atoms. The minimum Gasteiger partial charge on any atom is -0.337 e. The van der Waals surface area contributed by atoms with E-state index < -0.39 is 0 Å². The van der Waals surface area contributed by atoms with Crippen molar-refractivity contribution in [2.75, 3.05) is 7.05 Å². The Kier molecular flexibility index (Phi) is 2.51. The van der Waals surface area contributed by atoms with Gasteiger partial charge in [-0.2, -0.15) is 10.1 Å². The second-order valence-electron chi connectivity index (χ2n) is 3.34. The summed E-state index contributed by atoms with van der Waals surface area (Å²) in [4.78, 5) is 4.25. The first-order chi connectivity index (χ1) is 7.20. The van der Waals surface area contributed by atoms with Crippen molar-refractivity contribution >= 4 is 0 Å². The number of aryl methyl sites for hydroxylation is 1. The van der Waals surface area contributed by atoms with Crippen molar-refractivity contribution in [3.05, 3.63) is 18.2 Å². The van der Waals surface area contributed by atoms with Crippen molar-refractivity contribution in [3.63, 3.8) is 0 Å². The molecule has 2 heterocycles. The molecular formula is C9H13N5O. The predicted octanol–water partition coefficient (Wildman–Crippen LogP) is 0.750. The first-order valence-corrected chi connectivity index (χ1v) is 4.71. The van der Waals surface area contributed by atoms with Crippen molar-refractivity contribution in [3.8, 4) is 11.5 Å². The summed E-state index contributed by atoms with van der Waals surface area (Å²) in [6.45, 7) is 1.95. The van der Waals surface area contributed by atoms with Gasteiger partial charge in [0.25, 0.3) is 0 Å². The monoisotopic (exact) mass is 207 g/mol. The Morgan fingerprint density at radius 1 is 1.53 bits per heavy atom. The van der Waals surface area contributed by atoms with E-state index in [4.69, 9.17) is 4.52 Å². The van der Waals surface area contributed by atoms with Crippen molar-refractivity contribution in [1.29, 1.82) is 0 Å². The van der Waals surface area contributed by atoms with Gasteiger partial charge < -0.3 is 9.84 Å². The highest BCUT2D eigenvalue weighted by molar-refractivity contribution is 5.46. The quantitative estimate of drug-likeness (QED) is 0.804. The van der Waals surface area contributed by atoms with E-state index in [0.29, 0.717) is 11.7 Å². The second kappa shape index (κ2) is 3.82. The number of hydrogen-bond donors (Lipinski definition) is 1. The summed E-state index contributed by atoms with van der Waals surface area (Å²) in [5.41, 5.74) is 0.718. The van der Waals surface area contributed by atoms with Gasteiger partial charge in [-0.1, -0.05) is 5.16 Å². The molecular weight excluding hydrogens is 194 g/mol. The molecule has 0 saturated carbocycles. The SMILES string of the molecule is CNC(C)c1nc(-c2ccn(C)n2)no1. The molecule has 1 unspecified atom stereocenters. The molecule has 6 nitrogen and oxygen atoms in total. The standard InChI is InChI=1S/C9H13N5O/c1-6(10-2)9-11-8(13-15-9)7-4-5-14(3)12-7/h4-6,10H,1-3H3. The van der Waals surface area contributed by atoms with Crippen LogP contribution < -0.4 is 5.32 Å². The molecule has 6 heteroatoms. The molecule has 0 spiro atoms. The Hall–Kier alpha value is -1.69. The van der Waals surface area contributed by atoms with Gasteiger partial charge in [0.05, 0.1) is 6.04 Å². The molecule has 0 aliphatic heterocycles. The molecule has 1 N–H and O–H groups in total. The van der Waals surface area contributed by atoms with Gasteiger partial charge in [0.2, 0.25) is 11.7 Å². The fraction of sp³-hybridized carbons (Fsp3) is 0.444. The van der Waals surface area contributed by atoms with Crippen molar-refractivity contribution < 1.29 is 4.52 Å². The lowest BCUT2D eigenvalue weighted by molar-refractivity contribution is 0.347. The number of hydrogen-bond acceptors (Lipinski definition) is 5. The number of aromatic nitrogens is 4. The number of rotatable bonds is 3. The molecule has 1 atom stereocenters. The van der Waals surface area contributed by atoms with Crippen LogP contribution in [0, 0.1) is 0 Å². The Morgan fingerprint density at radius 2 is 2.33 bits per heavy atom. The van der Waals surface area contributed by atoms with Crippen LogP contribution in [-0.2, 0) is 7.05 Å². The molecule has 80 valence electrons. The van der Waals surface area contributed by atoms with Gasteiger partial charge >= 0.3 is 0 Å². The first kappa shape index (κ1) is 9.85. The van der Waals surface area contributed by atoms with Crippen LogP contribution in [0.5, 0.6) is 0 Å². The third-order valence-electron chi connectivity index (χ3n) is 2.19. The van der Waals surface area contributed by atoms with Crippen LogP contribution in [0.2, 0.25) is 0 Å². The summed E-state index contributed by atoms with van der Waals surface area (Å²) in [6, 6.07) is 1.90. The summed E-state index contributed by atoms with van der Waals surface area (Å²) in [5.74, 6) is 1.09. The van der Waals surface area contributed by atoms with Crippen molar-refractivity contribution in [1.82, 2.24) is 25.2 Å². The summed E-state index contributed by atoms with van der Waals surface area (Å²) in [7, 11) is 3.69. The Balaban J connectivity index is 2.27. The molecule has 2 rings (SSSR count). The summed E-state index contributed by atoms with van der Waals surface area (Å²) < 4.78 is 6.81. The third kappa shape index (κ3) is 1.89. The fourth-order valence-corrected chi connectivity index (χ4v) is 1.17. The van der Waals surface area contributed by atoms with Gasteiger partial charge in [-0.25, -0.2) is 0 Å². The van der Waals surface area contributed by atoms with E-state index >= 15 is 0 Å². The van der Waals surface area contributed by atoms with Crippen molar-refractivity contribution in [2.45, 2.75) is 13.0 Å². The molecule has 0 saturated heterocycles.